The Bertz CT molecular complexity index is 1810. The number of piperazine rings is 1. The van der Waals surface area contributed by atoms with E-state index in [1.165, 1.54) is 18.2 Å². The molecule has 0 bridgehead atoms. The monoisotopic (exact) mass is 617 g/mol. The van der Waals surface area contributed by atoms with Gasteiger partial charge in [-0.1, -0.05) is 42.4 Å². The number of fused-ring (bicyclic) bond motifs is 2. The van der Waals surface area contributed by atoms with Gasteiger partial charge in [-0.05, 0) is 50.0 Å². The highest BCUT2D eigenvalue weighted by Crippen LogP contribution is 2.38. The average molecular weight is 618 g/mol. The SMILES string of the molecule is [C-]#[N+]C[C@H]1CN(c2nc(OC[C@@H]3CCCN3C)nc3nc(-c4cccc5ccc(F)c(Cl)c45)c(F)cc23)CCN1C(=O)C=C. The number of anilines is 1. The normalized spacial score (nSPS) is 19.0. The van der Waals surface area contributed by atoms with Gasteiger partial charge in [-0.2, -0.15) is 9.97 Å². The first kappa shape index (κ1) is 29.7. The van der Waals surface area contributed by atoms with Crippen molar-refractivity contribution < 1.29 is 18.3 Å². The summed E-state index contributed by atoms with van der Waals surface area (Å²) in [4.78, 5) is 35.7. The van der Waals surface area contributed by atoms with Crippen LogP contribution in [0.2, 0.25) is 5.02 Å². The molecule has 2 aliphatic heterocycles. The van der Waals surface area contributed by atoms with Crippen molar-refractivity contribution in [3.05, 3.63) is 77.1 Å². The first-order valence-electron chi connectivity index (χ1n) is 14.4. The van der Waals surface area contributed by atoms with Crippen molar-refractivity contribution in [2.75, 3.05) is 51.3 Å². The lowest BCUT2D eigenvalue weighted by molar-refractivity contribution is -0.128. The number of likely N-dealkylation sites (tertiary alicyclic amines) is 1. The lowest BCUT2D eigenvalue weighted by Crippen LogP contribution is -2.56. The van der Waals surface area contributed by atoms with E-state index in [0.29, 0.717) is 53.8 Å². The Balaban J connectivity index is 1.47. The molecule has 12 heteroatoms. The fourth-order valence-corrected chi connectivity index (χ4v) is 6.35. The Hall–Kier alpha value is -4.40. The van der Waals surface area contributed by atoms with Gasteiger partial charge >= 0.3 is 6.01 Å². The average Bonchev–Trinajstić information content (AvgIpc) is 3.45. The molecule has 6 rings (SSSR count). The summed E-state index contributed by atoms with van der Waals surface area (Å²) >= 11 is 6.37. The van der Waals surface area contributed by atoms with Gasteiger partial charge in [-0.3, -0.25) is 4.79 Å². The van der Waals surface area contributed by atoms with Crippen molar-refractivity contribution in [3.8, 4) is 17.3 Å². The third kappa shape index (κ3) is 5.51. The topological polar surface area (TPSA) is 79.1 Å². The number of aromatic nitrogens is 3. The van der Waals surface area contributed by atoms with Crippen molar-refractivity contribution in [1.29, 1.82) is 0 Å². The Morgan fingerprint density at radius 1 is 1.16 bits per heavy atom. The molecule has 9 nitrogen and oxygen atoms in total. The van der Waals surface area contributed by atoms with Crippen molar-refractivity contribution >= 4 is 45.1 Å². The van der Waals surface area contributed by atoms with E-state index in [1.807, 2.05) is 11.9 Å². The summed E-state index contributed by atoms with van der Waals surface area (Å²) in [6.07, 6.45) is 3.30. The first-order valence-corrected chi connectivity index (χ1v) is 14.8. The fraction of sp³-hybridized carbons (Fsp3) is 0.344. The van der Waals surface area contributed by atoms with Gasteiger partial charge in [0.2, 0.25) is 12.5 Å². The van der Waals surface area contributed by atoms with Crippen LogP contribution in [0.4, 0.5) is 14.6 Å². The predicted octanol–water partition coefficient (Wildman–Crippen LogP) is 5.37. The van der Waals surface area contributed by atoms with Gasteiger partial charge in [-0.25, -0.2) is 20.3 Å². The highest BCUT2D eigenvalue weighted by molar-refractivity contribution is 6.36. The zero-order valence-corrected chi connectivity index (χ0v) is 24.9. The van der Waals surface area contributed by atoms with Gasteiger partial charge in [0.15, 0.2) is 5.65 Å². The molecule has 44 heavy (non-hydrogen) atoms. The van der Waals surface area contributed by atoms with Crippen molar-refractivity contribution in [2.24, 2.45) is 0 Å². The van der Waals surface area contributed by atoms with E-state index in [9.17, 15) is 9.18 Å². The van der Waals surface area contributed by atoms with Crippen molar-refractivity contribution in [3.63, 3.8) is 0 Å². The standard InChI is InChI=1S/C32H30ClF2N7O2/c1-4-26(43)42-14-13-41(17-21(42)16-36-2)31-23-15-25(35)29(22-9-5-7-19-10-11-24(34)28(33)27(19)22)37-30(23)38-32(39-31)44-18-20-8-6-12-40(20)3/h4-5,7,9-11,15,20-21H,1,6,8,12-14,16-18H2,3H3/t20-,21-/m0/s1. The second-order valence-corrected chi connectivity index (χ2v) is 11.4. The number of hydrogen-bond acceptors (Lipinski definition) is 7. The van der Waals surface area contributed by atoms with E-state index in [2.05, 4.69) is 26.3 Å². The number of carbonyl (C=O) groups is 1. The zero-order valence-electron chi connectivity index (χ0n) is 24.1. The van der Waals surface area contributed by atoms with Crippen molar-refractivity contribution in [2.45, 2.75) is 24.9 Å². The molecular formula is C32H30ClF2N7O2. The number of nitrogens with zero attached hydrogens (tertiary/aromatic N) is 7. The smallest absolute Gasteiger partial charge is 0.320 e. The van der Waals surface area contributed by atoms with Crippen molar-refractivity contribution in [1.82, 2.24) is 24.8 Å². The van der Waals surface area contributed by atoms with E-state index >= 15 is 4.39 Å². The Labute approximate surface area is 258 Å². The van der Waals surface area contributed by atoms with Crippen LogP contribution in [0.3, 0.4) is 0 Å². The molecule has 2 aromatic heterocycles. The summed E-state index contributed by atoms with van der Waals surface area (Å²) in [6, 6.07) is 9.20. The van der Waals surface area contributed by atoms with Crippen LogP contribution in [0.5, 0.6) is 6.01 Å². The molecule has 1 amide bonds. The number of rotatable bonds is 7. The minimum absolute atomic E-state index is 0.0333. The lowest BCUT2D eigenvalue weighted by atomic mass is 10.0. The number of likely N-dealkylation sites (N-methyl/N-ethyl adjacent to an activating group) is 1. The van der Waals surface area contributed by atoms with Gasteiger partial charge in [0.05, 0.1) is 10.4 Å². The van der Waals surface area contributed by atoms with E-state index < -0.39 is 17.7 Å². The summed E-state index contributed by atoms with van der Waals surface area (Å²) in [5.74, 6) is -1.13. The second kappa shape index (κ2) is 12.3. The van der Waals surface area contributed by atoms with Crippen LogP contribution in [0, 0.1) is 18.2 Å². The number of amides is 1. The maximum atomic E-state index is 16.0. The van der Waals surface area contributed by atoms with Crippen LogP contribution in [0.15, 0.2) is 49.1 Å². The number of halogens is 3. The van der Waals surface area contributed by atoms with Gasteiger partial charge in [-0.15, -0.1) is 0 Å². The fourth-order valence-electron chi connectivity index (χ4n) is 6.07. The molecule has 2 aromatic carbocycles. The van der Waals surface area contributed by atoms with E-state index in [4.69, 9.17) is 27.9 Å². The lowest BCUT2D eigenvalue weighted by Gasteiger charge is -2.39. The van der Waals surface area contributed by atoms with Crippen LogP contribution in [0.25, 0.3) is 37.9 Å². The summed E-state index contributed by atoms with van der Waals surface area (Å²) < 4.78 is 36.6. The molecule has 0 aliphatic carbocycles. The molecule has 4 aromatic rings. The molecule has 2 fully saturated rings. The van der Waals surface area contributed by atoms with Crippen LogP contribution in [0.1, 0.15) is 12.8 Å². The van der Waals surface area contributed by atoms with Gasteiger partial charge in [0, 0.05) is 36.6 Å². The quantitative estimate of drug-likeness (QED) is 0.204. The minimum atomic E-state index is -0.658. The number of benzene rings is 2. The third-order valence-corrected chi connectivity index (χ3v) is 8.78. The molecule has 2 saturated heterocycles. The van der Waals surface area contributed by atoms with Crippen LogP contribution >= 0.6 is 11.6 Å². The highest BCUT2D eigenvalue weighted by Gasteiger charge is 2.33. The molecular weight excluding hydrogens is 588 g/mol. The molecule has 0 unspecified atom stereocenters. The minimum Gasteiger partial charge on any atom is -0.462 e. The van der Waals surface area contributed by atoms with Gasteiger partial charge in [0.1, 0.15) is 35.8 Å². The summed E-state index contributed by atoms with van der Waals surface area (Å²) in [5.41, 5.74) is 0.487. The second-order valence-electron chi connectivity index (χ2n) is 11.0. The first-order chi connectivity index (χ1) is 21.3. The molecule has 2 aliphatic rings. The Morgan fingerprint density at radius 3 is 2.75 bits per heavy atom. The number of carbonyl (C=O) groups excluding carboxylic acids is 1. The number of pyridine rings is 1. The largest absolute Gasteiger partial charge is 0.462 e. The highest BCUT2D eigenvalue weighted by atomic mass is 35.5. The molecule has 0 radical (unpaired) electrons. The number of hydrogen-bond donors (Lipinski definition) is 0. The Kier molecular flexibility index (Phi) is 8.29. The van der Waals surface area contributed by atoms with Gasteiger partial charge < -0.3 is 24.3 Å². The predicted molar refractivity (Wildman–Crippen MR) is 166 cm³/mol. The van der Waals surface area contributed by atoms with Crippen LogP contribution < -0.4 is 9.64 Å². The van der Waals surface area contributed by atoms with E-state index in [-0.39, 0.29) is 40.9 Å². The van der Waals surface area contributed by atoms with Crippen LogP contribution in [-0.4, -0.2) is 89.1 Å². The maximum Gasteiger partial charge on any atom is 0.320 e. The molecule has 2 atom stereocenters. The summed E-state index contributed by atoms with van der Waals surface area (Å²) in [5, 5.41) is 1.21. The summed E-state index contributed by atoms with van der Waals surface area (Å²) in [6.45, 7) is 13.5. The zero-order chi connectivity index (χ0) is 31.0. The maximum absolute atomic E-state index is 16.0. The van der Waals surface area contributed by atoms with E-state index in [0.717, 1.165) is 19.4 Å². The Morgan fingerprint density at radius 2 is 2.00 bits per heavy atom. The van der Waals surface area contributed by atoms with E-state index in [1.54, 1.807) is 29.2 Å². The molecule has 226 valence electrons. The molecule has 0 N–H and O–H groups in total. The van der Waals surface area contributed by atoms with Crippen LogP contribution in [-0.2, 0) is 4.79 Å². The molecule has 0 spiro atoms. The molecule has 4 heterocycles. The van der Waals surface area contributed by atoms with Gasteiger partial charge in [0.25, 0.3) is 0 Å². The summed E-state index contributed by atoms with van der Waals surface area (Å²) in [7, 11) is 2.05. The number of ether oxygens (including phenoxy) is 1. The molecule has 0 saturated carbocycles. The third-order valence-electron chi connectivity index (χ3n) is 8.41.